The molecule has 3 nitrogen and oxygen atoms in total. The molecular weight excluding hydrogens is 188 g/mol. The molecule has 1 saturated carbocycles. The van der Waals surface area contributed by atoms with E-state index in [0.29, 0.717) is 0 Å². The Kier molecular flexibility index (Phi) is 5.22. The third-order valence-corrected chi connectivity index (χ3v) is 2.89. The first kappa shape index (κ1) is 12.1. The number of hydrogen-bond acceptors (Lipinski definition) is 1. The summed E-state index contributed by atoms with van der Waals surface area (Å²) in [5.41, 5.74) is 1.38. The van der Waals surface area contributed by atoms with Crippen molar-refractivity contribution in [2.75, 3.05) is 0 Å². The first-order valence-electron chi connectivity index (χ1n) is 5.97. The van der Waals surface area contributed by atoms with Gasteiger partial charge in [0.2, 0.25) is 0 Å². The molecule has 0 spiro atoms. The van der Waals surface area contributed by atoms with Crippen LogP contribution in [0.5, 0.6) is 0 Å². The average Bonchev–Trinajstić information content (AvgIpc) is 2.27. The maximum atomic E-state index is 11.4. The predicted octanol–water partition coefficient (Wildman–Crippen LogP) is 2.93. The summed E-state index contributed by atoms with van der Waals surface area (Å²) in [6.07, 6.45) is 8.99. The Hall–Kier alpha value is -0.990. The monoisotopic (exact) mass is 210 g/mol. The third kappa shape index (κ3) is 4.86. The van der Waals surface area contributed by atoms with Crippen LogP contribution in [-0.2, 0) is 0 Å². The highest BCUT2D eigenvalue weighted by atomic mass is 16.2. The molecule has 1 atom stereocenters. The molecule has 0 aliphatic heterocycles. The zero-order valence-corrected chi connectivity index (χ0v) is 9.81. The zero-order chi connectivity index (χ0) is 11.1. The summed E-state index contributed by atoms with van der Waals surface area (Å²) < 4.78 is 0. The van der Waals surface area contributed by atoms with Gasteiger partial charge in [-0.25, -0.2) is 4.79 Å². The Morgan fingerprint density at radius 2 is 2.07 bits per heavy atom. The maximum absolute atomic E-state index is 11.4. The Bertz CT molecular complexity index is 228. The normalized spacial score (nSPS) is 18.1. The Balaban J connectivity index is 2.25. The minimum Gasteiger partial charge on any atom is -0.335 e. The van der Waals surface area contributed by atoms with Gasteiger partial charge < -0.3 is 10.6 Å². The maximum Gasteiger partial charge on any atom is 0.318 e. The van der Waals surface area contributed by atoms with Crippen molar-refractivity contribution in [1.29, 1.82) is 0 Å². The minimum atomic E-state index is -0.0811. The van der Waals surface area contributed by atoms with Gasteiger partial charge in [0.1, 0.15) is 0 Å². The lowest BCUT2D eigenvalue weighted by atomic mass is 9.96. The molecule has 86 valence electrons. The summed E-state index contributed by atoms with van der Waals surface area (Å²) in [5, 5.41) is 5.68. The number of nitrogens with one attached hydrogen (secondary N) is 2. The molecule has 3 heteroatoms. The fourth-order valence-corrected chi connectivity index (χ4v) is 1.69. The molecule has 1 aliphatic carbocycles. The quantitative estimate of drug-likeness (QED) is 0.738. The molecule has 0 radical (unpaired) electrons. The highest BCUT2D eigenvalue weighted by Gasteiger charge is 2.06. The van der Waals surface area contributed by atoms with Gasteiger partial charge in [-0.05, 0) is 39.0 Å². The lowest BCUT2D eigenvalue weighted by Gasteiger charge is -2.15. The summed E-state index contributed by atoms with van der Waals surface area (Å²) in [6, 6.07) is 0.164. The molecule has 1 aliphatic rings. The van der Waals surface area contributed by atoms with E-state index in [9.17, 15) is 4.79 Å². The first-order chi connectivity index (χ1) is 7.22. The van der Waals surface area contributed by atoms with E-state index in [1.165, 1.54) is 24.8 Å². The van der Waals surface area contributed by atoms with E-state index in [2.05, 4.69) is 17.6 Å². The van der Waals surface area contributed by atoms with Crippen molar-refractivity contribution in [3.8, 4) is 0 Å². The number of rotatable bonds is 3. The smallest absolute Gasteiger partial charge is 0.318 e. The van der Waals surface area contributed by atoms with Crippen LogP contribution in [0.15, 0.2) is 11.8 Å². The topological polar surface area (TPSA) is 41.1 Å². The van der Waals surface area contributed by atoms with Crippen molar-refractivity contribution in [2.24, 2.45) is 0 Å². The van der Waals surface area contributed by atoms with Gasteiger partial charge >= 0.3 is 6.03 Å². The van der Waals surface area contributed by atoms with Crippen molar-refractivity contribution in [3.63, 3.8) is 0 Å². The van der Waals surface area contributed by atoms with Crippen LogP contribution in [0, 0.1) is 0 Å². The van der Waals surface area contributed by atoms with Crippen LogP contribution in [0.2, 0.25) is 0 Å². The van der Waals surface area contributed by atoms with Crippen LogP contribution in [0.3, 0.4) is 0 Å². The third-order valence-electron chi connectivity index (χ3n) is 2.89. The lowest BCUT2D eigenvalue weighted by molar-refractivity contribution is 0.240. The summed E-state index contributed by atoms with van der Waals surface area (Å²) in [6.45, 7) is 4.07. The second kappa shape index (κ2) is 6.49. The van der Waals surface area contributed by atoms with Crippen molar-refractivity contribution in [2.45, 2.75) is 58.4 Å². The molecule has 0 bridgehead atoms. The van der Waals surface area contributed by atoms with Crippen LogP contribution in [-0.4, -0.2) is 12.1 Å². The van der Waals surface area contributed by atoms with Gasteiger partial charge in [0, 0.05) is 12.2 Å². The SMILES string of the molecule is CCC(C)NC(=O)NC=C1CCCCC1. The predicted molar refractivity (Wildman–Crippen MR) is 62.6 cm³/mol. The van der Waals surface area contributed by atoms with E-state index in [1.807, 2.05) is 13.1 Å². The number of carbonyl (C=O) groups excluding carboxylic acids is 1. The summed E-state index contributed by atoms with van der Waals surface area (Å²) >= 11 is 0. The number of urea groups is 1. The molecule has 0 aromatic carbocycles. The molecule has 2 amide bonds. The molecule has 1 rings (SSSR count). The fourth-order valence-electron chi connectivity index (χ4n) is 1.69. The molecule has 1 fully saturated rings. The van der Waals surface area contributed by atoms with E-state index >= 15 is 0 Å². The van der Waals surface area contributed by atoms with Crippen LogP contribution in [0.25, 0.3) is 0 Å². The molecule has 1 unspecified atom stereocenters. The number of hydrogen-bond donors (Lipinski definition) is 2. The van der Waals surface area contributed by atoms with E-state index in [1.54, 1.807) is 0 Å². The van der Waals surface area contributed by atoms with Crippen molar-refractivity contribution in [1.82, 2.24) is 10.6 Å². The molecule has 0 aromatic heterocycles. The van der Waals surface area contributed by atoms with Crippen molar-refractivity contribution >= 4 is 6.03 Å². The molecule has 0 heterocycles. The zero-order valence-electron chi connectivity index (χ0n) is 9.81. The van der Waals surface area contributed by atoms with Crippen LogP contribution >= 0.6 is 0 Å². The van der Waals surface area contributed by atoms with Crippen LogP contribution in [0.4, 0.5) is 4.79 Å². The van der Waals surface area contributed by atoms with Crippen LogP contribution in [0.1, 0.15) is 52.4 Å². The van der Waals surface area contributed by atoms with E-state index < -0.39 is 0 Å². The van der Waals surface area contributed by atoms with Gasteiger partial charge in [0.05, 0.1) is 0 Å². The lowest BCUT2D eigenvalue weighted by Crippen LogP contribution is -2.38. The first-order valence-corrected chi connectivity index (χ1v) is 5.97. The summed E-state index contributed by atoms with van der Waals surface area (Å²) in [4.78, 5) is 11.4. The van der Waals surface area contributed by atoms with Gasteiger partial charge in [-0.2, -0.15) is 0 Å². The standard InChI is InChI=1S/C12H22N2O/c1-3-10(2)14-12(15)13-9-11-7-5-4-6-8-11/h9-10H,3-8H2,1-2H3,(H2,13,14,15). The van der Waals surface area contributed by atoms with E-state index in [0.717, 1.165) is 19.3 Å². The summed E-state index contributed by atoms with van der Waals surface area (Å²) in [7, 11) is 0. The van der Waals surface area contributed by atoms with Crippen LogP contribution < -0.4 is 10.6 Å². The Morgan fingerprint density at radius 3 is 2.67 bits per heavy atom. The van der Waals surface area contributed by atoms with Crippen molar-refractivity contribution in [3.05, 3.63) is 11.8 Å². The fraction of sp³-hybridized carbons (Fsp3) is 0.750. The average molecular weight is 210 g/mol. The Morgan fingerprint density at radius 1 is 1.40 bits per heavy atom. The Labute approximate surface area is 92.3 Å². The molecule has 0 aromatic rings. The second-order valence-corrected chi connectivity index (χ2v) is 4.29. The van der Waals surface area contributed by atoms with E-state index in [4.69, 9.17) is 0 Å². The van der Waals surface area contributed by atoms with Gasteiger partial charge in [-0.3, -0.25) is 0 Å². The number of allylic oxidation sites excluding steroid dienone is 1. The molecule has 2 N–H and O–H groups in total. The van der Waals surface area contributed by atoms with Gasteiger partial charge in [0.15, 0.2) is 0 Å². The minimum absolute atomic E-state index is 0.0811. The molecule has 0 saturated heterocycles. The second-order valence-electron chi connectivity index (χ2n) is 4.29. The molecular formula is C12H22N2O. The number of amides is 2. The highest BCUT2D eigenvalue weighted by molar-refractivity contribution is 5.75. The largest absolute Gasteiger partial charge is 0.335 e. The molecule has 15 heavy (non-hydrogen) atoms. The van der Waals surface area contributed by atoms with Gasteiger partial charge in [-0.15, -0.1) is 0 Å². The highest BCUT2D eigenvalue weighted by Crippen LogP contribution is 2.21. The van der Waals surface area contributed by atoms with Crippen molar-refractivity contribution < 1.29 is 4.79 Å². The summed E-state index contributed by atoms with van der Waals surface area (Å²) in [5.74, 6) is 0. The van der Waals surface area contributed by atoms with Gasteiger partial charge in [0.25, 0.3) is 0 Å². The van der Waals surface area contributed by atoms with E-state index in [-0.39, 0.29) is 12.1 Å². The number of carbonyl (C=O) groups is 1. The van der Waals surface area contributed by atoms with Gasteiger partial charge in [-0.1, -0.05) is 18.9 Å².